The summed E-state index contributed by atoms with van der Waals surface area (Å²) in [6, 6.07) is 3.95. The fourth-order valence-electron chi connectivity index (χ4n) is 2.27. The molecule has 124 valence electrons. The standard InChI is InChI=1S/C16H12F3N3O2/c1-8-9(2)24-15-12(8)13(20-7-21-15)22-14(23)10-3-5-11(6-4-10)16(17,18)19/h3-7H,1-2H3,(H,20,21,22,23). The Bertz CT molecular complexity index is 915. The molecule has 0 bridgehead atoms. The van der Waals surface area contributed by atoms with Crippen LogP contribution in [0.5, 0.6) is 0 Å². The number of alkyl halides is 3. The molecule has 0 atom stereocenters. The van der Waals surface area contributed by atoms with Crippen molar-refractivity contribution in [2.45, 2.75) is 20.0 Å². The second-order valence-electron chi connectivity index (χ2n) is 5.21. The largest absolute Gasteiger partial charge is 0.443 e. The van der Waals surface area contributed by atoms with Crippen molar-refractivity contribution in [1.82, 2.24) is 9.97 Å². The second kappa shape index (κ2) is 5.63. The highest BCUT2D eigenvalue weighted by molar-refractivity contribution is 6.07. The fraction of sp³-hybridized carbons (Fsp3) is 0.188. The highest BCUT2D eigenvalue weighted by Crippen LogP contribution is 2.30. The van der Waals surface area contributed by atoms with Crippen LogP contribution in [0.2, 0.25) is 0 Å². The van der Waals surface area contributed by atoms with E-state index in [1.165, 1.54) is 6.33 Å². The van der Waals surface area contributed by atoms with Crippen LogP contribution >= 0.6 is 0 Å². The molecular formula is C16H12F3N3O2. The maximum absolute atomic E-state index is 12.6. The lowest BCUT2D eigenvalue weighted by Gasteiger charge is -2.08. The van der Waals surface area contributed by atoms with Gasteiger partial charge in [0, 0.05) is 11.1 Å². The van der Waals surface area contributed by atoms with Crippen LogP contribution in [-0.4, -0.2) is 15.9 Å². The van der Waals surface area contributed by atoms with Crippen LogP contribution in [0.3, 0.4) is 0 Å². The predicted molar refractivity (Wildman–Crippen MR) is 80.7 cm³/mol. The highest BCUT2D eigenvalue weighted by atomic mass is 19.4. The monoisotopic (exact) mass is 335 g/mol. The van der Waals surface area contributed by atoms with Gasteiger partial charge < -0.3 is 9.73 Å². The average Bonchev–Trinajstić information content (AvgIpc) is 2.82. The van der Waals surface area contributed by atoms with Crippen LogP contribution in [0.1, 0.15) is 27.2 Å². The summed E-state index contributed by atoms with van der Waals surface area (Å²) in [5.74, 6) is 0.330. The molecular weight excluding hydrogens is 323 g/mol. The van der Waals surface area contributed by atoms with E-state index in [0.29, 0.717) is 16.9 Å². The zero-order valence-electron chi connectivity index (χ0n) is 12.7. The smallest absolute Gasteiger partial charge is 0.416 e. The van der Waals surface area contributed by atoms with Gasteiger partial charge in [-0.1, -0.05) is 0 Å². The first-order valence-corrected chi connectivity index (χ1v) is 6.96. The van der Waals surface area contributed by atoms with Gasteiger partial charge in [-0.05, 0) is 38.1 Å². The average molecular weight is 335 g/mol. The SMILES string of the molecule is Cc1oc2ncnc(NC(=O)c3ccc(C(F)(F)F)cc3)c2c1C. The summed E-state index contributed by atoms with van der Waals surface area (Å²) in [4.78, 5) is 20.3. The molecule has 0 saturated carbocycles. The molecule has 0 aliphatic rings. The van der Waals surface area contributed by atoms with E-state index in [4.69, 9.17) is 4.42 Å². The summed E-state index contributed by atoms with van der Waals surface area (Å²) in [5.41, 5.74) is 0.397. The molecule has 2 heterocycles. The Morgan fingerprint density at radius 1 is 1.12 bits per heavy atom. The summed E-state index contributed by atoms with van der Waals surface area (Å²) >= 11 is 0. The maximum Gasteiger partial charge on any atom is 0.416 e. The number of nitrogens with zero attached hydrogens (tertiary/aromatic N) is 2. The Balaban J connectivity index is 1.90. The van der Waals surface area contributed by atoms with Gasteiger partial charge in [0.15, 0.2) is 0 Å². The molecule has 1 amide bonds. The summed E-state index contributed by atoms with van der Waals surface area (Å²) in [7, 11) is 0. The molecule has 3 aromatic rings. The van der Waals surface area contributed by atoms with E-state index in [1.54, 1.807) is 13.8 Å². The van der Waals surface area contributed by atoms with Crippen molar-refractivity contribution in [3.8, 4) is 0 Å². The van der Waals surface area contributed by atoms with Crippen LogP contribution in [-0.2, 0) is 6.18 Å². The number of carbonyl (C=O) groups is 1. The molecule has 24 heavy (non-hydrogen) atoms. The van der Waals surface area contributed by atoms with Crippen molar-refractivity contribution >= 4 is 22.8 Å². The number of amides is 1. The zero-order chi connectivity index (χ0) is 17.5. The van der Waals surface area contributed by atoms with Crippen LogP contribution < -0.4 is 5.32 Å². The van der Waals surface area contributed by atoms with E-state index in [2.05, 4.69) is 15.3 Å². The predicted octanol–water partition coefficient (Wildman–Crippen LogP) is 4.11. The summed E-state index contributed by atoms with van der Waals surface area (Å²) in [5, 5.41) is 3.15. The number of aromatic nitrogens is 2. The van der Waals surface area contributed by atoms with Gasteiger partial charge in [0.1, 0.15) is 17.9 Å². The fourth-order valence-corrected chi connectivity index (χ4v) is 2.27. The molecule has 0 aliphatic carbocycles. The molecule has 3 rings (SSSR count). The molecule has 5 nitrogen and oxygen atoms in total. The minimum atomic E-state index is -4.45. The van der Waals surface area contributed by atoms with Gasteiger partial charge in [0.05, 0.1) is 10.9 Å². The van der Waals surface area contributed by atoms with E-state index in [1.807, 2.05) is 0 Å². The van der Waals surface area contributed by atoms with Crippen molar-refractivity contribution < 1.29 is 22.4 Å². The quantitative estimate of drug-likeness (QED) is 0.765. The van der Waals surface area contributed by atoms with Crippen LogP contribution in [0, 0.1) is 13.8 Å². The number of benzene rings is 1. The first-order chi connectivity index (χ1) is 11.3. The first-order valence-electron chi connectivity index (χ1n) is 6.96. The Kier molecular flexibility index (Phi) is 3.75. The molecule has 0 unspecified atom stereocenters. The number of halogens is 3. The molecule has 0 spiro atoms. The third-order valence-electron chi connectivity index (χ3n) is 3.67. The zero-order valence-corrected chi connectivity index (χ0v) is 12.7. The molecule has 2 aromatic heterocycles. The van der Waals surface area contributed by atoms with Gasteiger partial charge in [-0.25, -0.2) is 9.97 Å². The van der Waals surface area contributed by atoms with E-state index >= 15 is 0 Å². The summed E-state index contributed by atoms with van der Waals surface area (Å²) in [6.45, 7) is 3.57. The van der Waals surface area contributed by atoms with Crippen molar-refractivity contribution in [1.29, 1.82) is 0 Å². The van der Waals surface area contributed by atoms with Gasteiger partial charge in [0.25, 0.3) is 5.91 Å². The van der Waals surface area contributed by atoms with Gasteiger partial charge >= 0.3 is 6.18 Å². The minimum absolute atomic E-state index is 0.0904. The molecule has 0 fully saturated rings. The molecule has 0 aliphatic heterocycles. The third kappa shape index (κ3) is 2.82. The normalized spacial score (nSPS) is 11.7. The minimum Gasteiger partial charge on any atom is -0.443 e. The number of hydrogen-bond acceptors (Lipinski definition) is 4. The van der Waals surface area contributed by atoms with Crippen LogP contribution in [0.25, 0.3) is 11.1 Å². The van der Waals surface area contributed by atoms with Gasteiger partial charge in [-0.15, -0.1) is 0 Å². The van der Waals surface area contributed by atoms with E-state index in [9.17, 15) is 18.0 Å². The topological polar surface area (TPSA) is 68.0 Å². The Labute approximate surface area is 134 Å². The van der Waals surface area contributed by atoms with Crippen LogP contribution in [0.4, 0.5) is 19.0 Å². The number of anilines is 1. The van der Waals surface area contributed by atoms with Crippen molar-refractivity contribution in [3.05, 3.63) is 53.0 Å². The van der Waals surface area contributed by atoms with Gasteiger partial charge in [0.2, 0.25) is 5.71 Å². The Morgan fingerprint density at radius 3 is 2.42 bits per heavy atom. The lowest BCUT2D eigenvalue weighted by atomic mass is 10.1. The number of fused-ring (bicyclic) bond motifs is 1. The second-order valence-corrected chi connectivity index (χ2v) is 5.21. The molecule has 8 heteroatoms. The van der Waals surface area contributed by atoms with E-state index < -0.39 is 17.6 Å². The molecule has 1 N–H and O–H groups in total. The number of rotatable bonds is 2. The molecule has 0 saturated heterocycles. The first kappa shape index (κ1) is 16.0. The lowest BCUT2D eigenvalue weighted by Crippen LogP contribution is -2.14. The maximum atomic E-state index is 12.6. The number of furan rings is 1. The highest BCUT2D eigenvalue weighted by Gasteiger charge is 2.30. The molecule has 1 aromatic carbocycles. The number of carbonyl (C=O) groups excluding carboxylic acids is 1. The van der Waals surface area contributed by atoms with Gasteiger partial charge in [-0.2, -0.15) is 13.2 Å². The Hall–Kier alpha value is -2.90. The van der Waals surface area contributed by atoms with E-state index in [-0.39, 0.29) is 11.4 Å². The van der Waals surface area contributed by atoms with Crippen molar-refractivity contribution in [2.24, 2.45) is 0 Å². The lowest BCUT2D eigenvalue weighted by molar-refractivity contribution is -0.137. The number of hydrogen-bond donors (Lipinski definition) is 1. The number of aryl methyl sites for hydroxylation is 2. The Morgan fingerprint density at radius 2 is 1.79 bits per heavy atom. The number of nitrogens with one attached hydrogen (secondary N) is 1. The van der Waals surface area contributed by atoms with Crippen LogP contribution in [0.15, 0.2) is 35.0 Å². The van der Waals surface area contributed by atoms with Crippen molar-refractivity contribution in [2.75, 3.05) is 5.32 Å². The molecule has 0 radical (unpaired) electrons. The summed E-state index contributed by atoms with van der Waals surface area (Å²) in [6.07, 6.45) is -3.20. The third-order valence-corrected chi connectivity index (χ3v) is 3.67. The summed E-state index contributed by atoms with van der Waals surface area (Å²) < 4.78 is 43.1. The van der Waals surface area contributed by atoms with Gasteiger partial charge in [-0.3, -0.25) is 4.79 Å². The van der Waals surface area contributed by atoms with E-state index in [0.717, 1.165) is 29.8 Å². The van der Waals surface area contributed by atoms with Crippen molar-refractivity contribution in [3.63, 3.8) is 0 Å².